The Balaban J connectivity index is 1.98. The number of para-hydroxylation sites is 1. The maximum absolute atomic E-state index is 3.69. The van der Waals surface area contributed by atoms with Crippen molar-refractivity contribution in [2.45, 2.75) is 13.3 Å². The van der Waals surface area contributed by atoms with E-state index in [1.807, 2.05) is 0 Å². The van der Waals surface area contributed by atoms with Gasteiger partial charge < -0.3 is 4.98 Å². The lowest BCUT2D eigenvalue weighted by Crippen LogP contribution is -2.03. The molecule has 4 aromatic carbocycles. The zero-order valence-corrected chi connectivity index (χ0v) is 14.6. The van der Waals surface area contributed by atoms with E-state index in [2.05, 4.69) is 84.7 Å². The molecule has 1 aromatic heterocycles. The molecule has 1 heterocycles. The number of hydrogen-bond acceptors (Lipinski definition) is 0. The molecule has 0 saturated carbocycles. The van der Waals surface area contributed by atoms with Crippen molar-refractivity contribution in [1.82, 2.24) is 4.98 Å². The first-order valence-corrected chi connectivity index (χ1v) is 9.20. The molecule has 0 bridgehead atoms. The summed E-state index contributed by atoms with van der Waals surface area (Å²) in [6.07, 6.45) is 5.56. The first-order valence-electron chi connectivity index (χ1n) is 9.20. The summed E-state index contributed by atoms with van der Waals surface area (Å²) in [6.45, 7) is 2.29. The van der Waals surface area contributed by atoms with E-state index in [4.69, 9.17) is 0 Å². The largest absolute Gasteiger partial charge is 0.354 e. The van der Waals surface area contributed by atoms with Crippen molar-refractivity contribution in [2.24, 2.45) is 5.92 Å². The lowest BCUT2D eigenvalue weighted by Gasteiger charge is -2.17. The summed E-state index contributed by atoms with van der Waals surface area (Å²) in [7, 11) is 0. The van der Waals surface area contributed by atoms with Gasteiger partial charge in [0.25, 0.3) is 0 Å². The van der Waals surface area contributed by atoms with Gasteiger partial charge in [-0.1, -0.05) is 67.6 Å². The number of H-pyrrole nitrogens is 1. The molecule has 0 fully saturated rings. The molecule has 122 valence electrons. The Kier molecular flexibility index (Phi) is 2.63. The highest BCUT2D eigenvalue weighted by atomic mass is 14.7. The fraction of sp³-hybridized carbons (Fsp3) is 0.120. The Labute approximate surface area is 151 Å². The summed E-state index contributed by atoms with van der Waals surface area (Å²) in [5.41, 5.74) is 5.03. The van der Waals surface area contributed by atoms with E-state index < -0.39 is 0 Å². The van der Waals surface area contributed by atoms with Crippen LogP contribution in [0.1, 0.15) is 18.1 Å². The Morgan fingerprint density at radius 1 is 0.885 bits per heavy atom. The fourth-order valence-electron chi connectivity index (χ4n) is 4.56. The molecule has 5 aromatic rings. The van der Waals surface area contributed by atoms with Gasteiger partial charge in [-0.2, -0.15) is 0 Å². The molecule has 1 N–H and O–H groups in total. The Hall–Kier alpha value is -3.24. The molecule has 1 unspecified atom stereocenters. The number of allylic oxidation sites excluding steroid dienone is 1. The van der Waals surface area contributed by atoms with Crippen LogP contribution in [0.2, 0.25) is 0 Å². The average molecular weight is 331 g/mol. The zero-order valence-electron chi connectivity index (χ0n) is 14.6. The van der Waals surface area contributed by atoms with Gasteiger partial charge in [0.2, 0.25) is 0 Å². The molecule has 0 saturated heterocycles. The van der Waals surface area contributed by atoms with Crippen molar-refractivity contribution in [2.75, 3.05) is 0 Å². The average Bonchev–Trinajstić information content (AvgIpc) is 3.07. The number of rotatable bonds is 0. The number of nitrogens with one attached hydrogen (secondary N) is 1. The Morgan fingerprint density at radius 3 is 2.54 bits per heavy atom. The number of aromatic nitrogens is 1. The molecule has 0 amide bonds. The van der Waals surface area contributed by atoms with Crippen LogP contribution in [0.25, 0.3) is 49.4 Å². The van der Waals surface area contributed by atoms with Crippen LogP contribution in [0.3, 0.4) is 0 Å². The van der Waals surface area contributed by atoms with Crippen molar-refractivity contribution in [3.63, 3.8) is 0 Å². The van der Waals surface area contributed by atoms with E-state index in [0.29, 0.717) is 5.92 Å². The van der Waals surface area contributed by atoms with Crippen molar-refractivity contribution < 1.29 is 0 Å². The molecule has 6 rings (SSSR count). The van der Waals surface area contributed by atoms with Gasteiger partial charge in [0, 0.05) is 43.4 Å². The van der Waals surface area contributed by atoms with Gasteiger partial charge in [-0.15, -0.1) is 0 Å². The number of aromatic amines is 1. The summed E-state index contributed by atoms with van der Waals surface area (Å²) in [6, 6.07) is 24.2. The predicted molar refractivity (Wildman–Crippen MR) is 110 cm³/mol. The Morgan fingerprint density at radius 2 is 1.65 bits per heavy atom. The number of benzene rings is 3. The smallest absolute Gasteiger partial charge is 0.0551 e. The minimum atomic E-state index is 0.549. The van der Waals surface area contributed by atoms with Gasteiger partial charge >= 0.3 is 0 Å². The van der Waals surface area contributed by atoms with Crippen LogP contribution in [0.15, 0.2) is 54.6 Å². The van der Waals surface area contributed by atoms with E-state index in [1.54, 1.807) is 0 Å². The van der Waals surface area contributed by atoms with Gasteiger partial charge in [0.1, 0.15) is 0 Å². The van der Waals surface area contributed by atoms with Crippen molar-refractivity contribution in [1.29, 1.82) is 0 Å². The van der Waals surface area contributed by atoms with Gasteiger partial charge in [-0.25, -0.2) is 0 Å². The molecular weight excluding hydrogens is 314 g/mol. The SMILES string of the molecule is CC1C=Cc2c#cc3c4ccccc4c4[nH]c5ccccc5c4c3c2C1. The molecule has 26 heavy (non-hydrogen) atoms. The van der Waals surface area contributed by atoms with Crippen molar-refractivity contribution >= 4 is 49.4 Å². The van der Waals surface area contributed by atoms with Crippen LogP contribution in [0.5, 0.6) is 0 Å². The first-order chi connectivity index (χ1) is 12.8. The summed E-state index contributed by atoms with van der Waals surface area (Å²) in [5, 5.41) is 7.68. The molecule has 0 radical (unpaired) electrons. The van der Waals surface area contributed by atoms with Crippen LogP contribution in [0, 0.1) is 18.1 Å². The van der Waals surface area contributed by atoms with Crippen LogP contribution in [0.4, 0.5) is 0 Å². The normalized spacial score (nSPS) is 16.4. The van der Waals surface area contributed by atoms with Crippen molar-refractivity contribution in [3.8, 4) is 0 Å². The minimum absolute atomic E-state index is 0.549. The fourth-order valence-corrected chi connectivity index (χ4v) is 4.56. The Bertz CT molecular complexity index is 1370. The van der Waals surface area contributed by atoms with Crippen LogP contribution < -0.4 is 0 Å². The minimum Gasteiger partial charge on any atom is -0.354 e. The van der Waals surface area contributed by atoms with Crippen LogP contribution in [-0.4, -0.2) is 4.98 Å². The predicted octanol–water partition coefficient (Wildman–Crippen LogP) is 6.43. The molecule has 1 heteroatoms. The molecule has 1 nitrogen and oxygen atoms in total. The molecule has 1 aliphatic carbocycles. The third-order valence-electron chi connectivity index (χ3n) is 5.74. The lowest BCUT2D eigenvalue weighted by molar-refractivity contribution is 0.722. The highest BCUT2D eigenvalue weighted by Crippen LogP contribution is 2.41. The van der Waals surface area contributed by atoms with E-state index in [0.717, 1.165) is 6.42 Å². The molecule has 1 atom stereocenters. The van der Waals surface area contributed by atoms with Gasteiger partial charge in [0.05, 0.1) is 5.52 Å². The molecule has 1 aliphatic rings. The quantitative estimate of drug-likeness (QED) is 0.336. The second-order valence-corrected chi connectivity index (χ2v) is 7.40. The maximum Gasteiger partial charge on any atom is 0.0551 e. The topological polar surface area (TPSA) is 15.8 Å². The highest BCUT2D eigenvalue weighted by Gasteiger charge is 2.19. The first kappa shape index (κ1) is 14.0. The zero-order chi connectivity index (χ0) is 17.3. The van der Waals surface area contributed by atoms with E-state index in [-0.39, 0.29) is 0 Å². The van der Waals surface area contributed by atoms with Crippen LogP contribution in [-0.2, 0) is 6.42 Å². The molecular formula is C25H17N. The number of hydrogen-bond donors (Lipinski definition) is 1. The summed E-state index contributed by atoms with van der Waals surface area (Å²) >= 11 is 0. The second kappa shape index (κ2) is 4.90. The van der Waals surface area contributed by atoms with Gasteiger partial charge in [-0.05, 0) is 30.0 Å². The lowest BCUT2D eigenvalue weighted by atomic mass is 9.85. The third-order valence-corrected chi connectivity index (χ3v) is 5.74. The summed E-state index contributed by atoms with van der Waals surface area (Å²) in [5.74, 6) is 0.549. The van der Waals surface area contributed by atoms with Gasteiger partial charge in [-0.3, -0.25) is 0 Å². The summed E-state index contributed by atoms with van der Waals surface area (Å²) in [4.78, 5) is 3.69. The van der Waals surface area contributed by atoms with Crippen molar-refractivity contribution in [3.05, 3.63) is 77.9 Å². The number of fused-ring (bicyclic) bond motifs is 10. The third kappa shape index (κ3) is 1.71. The standard InChI is InChI=1S/C25H17N/c1-15-10-11-16-12-13-18-17-6-2-3-7-19(17)25-24(23(18)21(16)14-15)20-8-4-5-9-22(20)26-25/h2-11,15,26H,14H2,1H3. The van der Waals surface area contributed by atoms with E-state index in [9.17, 15) is 0 Å². The van der Waals surface area contributed by atoms with Gasteiger partial charge in [0.15, 0.2) is 0 Å². The van der Waals surface area contributed by atoms with E-state index in [1.165, 1.54) is 54.5 Å². The monoisotopic (exact) mass is 331 g/mol. The summed E-state index contributed by atoms with van der Waals surface area (Å²) < 4.78 is 0. The van der Waals surface area contributed by atoms with Crippen LogP contribution >= 0.6 is 0 Å². The molecule has 0 aliphatic heterocycles. The highest BCUT2D eigenvalue weighted by molar-refractivity contribution is 6.31. The second-order valence-electron chi connectivity index (χ2n) is 7.40. The maximum atomic E-state index is 3.69. The van der Waals surface area contributed by atoms with E-state index >= 15 is 0 Å². The molecule has 0 spiro atoms.